The Morgan fingerprint density at radius 1 is 1.07 bits per heavy atom. The minimum absolute atomic E-state index is 0.0864. The molecule has 0 unspecified atom stereocenters. The Balaban J connectivity index is 1.57. The van der Waals surface area contributed by atoms with E-state index in [1.54, 1.807) is 16.4 Å². The quantitative estimate of drug-likeness (QED) is 0.550. The standard InChI is InChI=1S/C22H29ClN2O3S2/c1-2-24(17-19-10-13-21(23)29-19)22(26)14-9-18-7-11-20(12-8-18)30(27,28)25-15-5-3-4-6-16-25/h7-8,10-13H,2-6,9,14-17H2,1H3. The second-order valence-electron chi connectivity index (χ2n) is 7.58. The van der Waals surface area contributed by atoms with Gasteiger partial charge in [0.05, 0.1) is 15.8 Å². The summed E-state index contributed by atoms with van der Waals surface area (Å²) in [5, 5.41) is 0. The van der Waals surface area contributed by atoms with Gasteiger partial charge in [0.2, 0.25) is 15.9 Å². The highest BCUT2D eigenvalue weighted by Gasteiger charge is 2.25. The second-order valence-corrected chi connectivity index (χ2v) is 11.3. The molecule has 1 fully saturated rings. The van der Waals surface area contributed by atoms with Gasteiger partial charge in [-0.2, -0.15) is 4.31 Å². The molecule has 0 aliphatic carbocycles. The highest BCUT2D eigenvalue weighted by Crippen LogP contribution is 2.23. The summed E-state index contributed by atoms with van der Waals surface area (Å²) in [6.45, 7) is 4.37. The number of hydrogen-bond acceptors (Lipinski definition) is 4. The fraction of sp³-hybridized carbons (Fsp3) is 0.500. The molecule has 1 aromatic heterocycles. The largest absolute Gasteiger partial charge is 0.338 e. The van der Waals surface area contributed by atoms with Gasteiger partial charge in [0.1, 0.15) is 0 Å². The average Bonchev–Trinajstić information content (AvgIpc) is 2.97. The van der Waals surface area contributed by atoms with Gasteiger partial charge in [-0.1, -0.05) is 36.6 Å². The van der Waals surface area contributed by atoms with Gasteiger partial charge in [0.25, 0.3) is 0 Å². The van der Waals surface area contributed by atoms with E-state index in [0.717, 1.165) is 40.5 Å². The summed E-state index contributed by atoms with van der Waals surface area (Å²) in [4.78, 5) is 15.8. The highest BCUT2D eigenvalue weighted by molar-refractivity contribution is 7.89. The summed E-state index contributed by atoms with van der Waals surface area (Å²) < 4.78 is 28.1. The normalized spacial score (nSPS) is 15.7. The van der Waals surface area contributed by atoms with Crippen LogP contribution in [0.4, 0.5) is 0 Å². The molecule has 3 rings (SSSR count). The van der Waals surface area contributed by atoms with E-state index in [0.29, 0.717) is 43.9 Å². The molecule has 1 aliphatic rings. The summed E-state index contributed by atoms with van der Waals surface area (Å²) >= 11 is 7.47. The van der Waals surface area contributed by atoms with Crippen LogP contribution in [0, 0.1) is 0 Å². The van der Waals surface area contributed by atoms with Crippen LogP contribution in [0.25, 0.3) is 0 Å². The second kappa shape index (κ2) is 10.8. The van der Waals surface area contributed by atoms with Gasteiger partial charge < -0.3 is 4.90 Å². The third-order valence-corrected chi connectivity index (χ3v) is 8.59. The molecule has 0 N–H and O–H groups in total. The predicted molar refractivity (Wildman–Crippen MR) is 122 cm³/mol. The first-order valence-electron chi connectivity index (χ1n) is 10.5. The minimum atomic E-state index is -3.43. The number of benzene rings is 1. The van der Waals surface area contributed by atoms with Crippen molar-refractivity contribution in [1.82, 2.24) is 9.21 Å². The van der Waals surface area contributed by atoms with Crippen LogP contribution >= 0.6 is 22.9 Å². The SMILES string of the molecule is CCN(Cc1ccc(Cl)s1)C(=O)CCc1ccc(S(=O)(=O)N2CCCCCC2)cc1. The zero-order valence-corrected chi connectivity index (χ0v) is 19.7. The van der Waals surface area contributed by atoms with Crippen molar-refractivity contribution in [1.29, 1.82) is 0 Å². The van der Waals surface area contributed by atoms with Crippen LogP contribution in [-0.2, 0) is 27.8 Å². The summed E-state index contributed by atoms with van der Waals surface area (Å²) in [5.41, 5.74) is 0.966. The lowest BCUT2D eigenvalue weighted by atomic mass is 10.1. The van der Waals surface area contributed by atoms with Crippen molar-refractivity contribution >= 4 is 38.9 Å². The molecule has 1 aromatic carbocycles. The van der Waals surface area contributed by atoms with Gasteiger partial charge in [-0.15, -0.1) is 11.3 Å². The van der Waals surface area contributed by atoms with Crippen molar-refractivity contribution in [2.45, 2.75) is 56.9 Å². The van der Waals surface area contributed by atoms with Gasteiger partial charge in [0.15, 0.2) is 0 Å². The van der Waals surface area contributed by atoms with Crippen LogP contribution in [0.1, 0.15) is 49.5 Å². The van der Waals surface area contributed by atoms with E-state index in [1.165, 1.54) is 11.3 Å². The first kappa shape index (κ1) is 23.3. The van der Waals surface area contributed by atoms with Crippen LogP contribution in [0.5, 0.6) is 0 Å². The van der Waals surface area contributed by atoms with E-state index in [-0.39, 0.29) is 5.91 Å². The Bertz CT molecular complexity index is 934. The van der Waals surface area contributed by atoms with Gasteiger partial charge >= 0.3 is 0 Å². The molecule has 0 radical (unpaired) electrons. The number of hydrogen-bond donors (Lipinski definition) is 0. The van der Waals surface area contributed by atoms with Gasteiger partial charge in [-0.3, -0.25) is 4.79 Å². The Labute approximate surface area is 188 Å². The molecular formula is C22H29ClN2O3S2. The molecule has 1 amide bonds. The number of nitrogens with zero attached hydrogens (tertiary/aromatic N) is 2. The Morgan fingerprint density at radius 2 is 1.73 bits per heavy atom. The molecule has 1 saturated heterocycles. The molecule has 30 heavy (non-hydrogen) atoms. The lowest BCUT2D eigenvalue weighted by Gasteiger charge is -2.21. The maximum absolute atomic E-state index is 12.9. The third kappa shape index (κ3) is 6.06. The maximum atomic E-state index is 12.9. The van der Waals surface area contributed by atoms with Gasteiger partial charge in [0, 0.05) is 30.9 Å². The van der Waals surface area contributed by atoms with Crippen LogP contribution in [0.3, 0.4) is 0 Å². The molecule has 5 nitrogen and oxygen atoms in total. The van der Waals surface area contributed by atoms with E-state index >= 15 is 0 Å². The van der Waals surface area contributed by atoms with Gasteiger partial charge in [-0.25, -0.2) is 8.42 Å². The van der Waals surface area contributed by atoms with Crippen molar-refractivity contribution < 1.29 is 13.2 Å². The summed E-state index contributed by atoms with van der Waals surface area (Å²) in [6.07, 6.45) is 5.01. The number of sulfonamides is 1. The van der Waals surface area contributed by atoms with E-state index in [1.807, 2.05) is 36.1 Å². The lowest BCUT2D eigenvalue weighted by molar-refractivity contribution is -0.131. The third-order valence-electron chi connectivity index (χ3n) is 5.46. The van der Waals surface area contributed by atoms with Crippen molar-refractivity contribution in [3.63, 3.8) is 0 Å². The van der Waals surface area contributed by atoms with E-state index in [2.05, 4.69) is 0 Å². The van der Waals surface area contributed by atoms with Crippen molar-refractivity contribution in [2.24, 2.45) is 0 Å². The first-order chi connectivity index (χ1) is 14.4. The van der Waals surface area contributed by atoms with Crippen molar-refractivity contribution in [3.05, 3.63) is 51.2 Å². The maximum Gasteiger partial charge on any atom is 0.243 e. The molecule has 0 atom stereocenters. The van der Waals surface area contributed by atoms with Crippen LogP contribution in [0.15, 0.2) is 41.3 Å². The lowest BCUT2D eigenvalue weighted by Crippen LogP contribution is -2.31. The van der Waals surface area contributed by atoms with E-state index in [9.17, 15) is 13.2 Å². The smallest absolute Gasteiger partial charge is 0.243 e. The number of halogens is 1. The molecule has 8 heteroatoms. The molecule has 0 spiro atoms. The van der Waals surface area contributed by atoms with E-state index in [4.69, 9.17) is 11.6 Å². The number of carbonyl (C=O) groups excluding carboxylic acids is 1. The number of thiophene rings is 1. The van der Waals surface area contributed by atoms with Crippen LogP contribution in [0.2, 0.25) is 4.34 Å². The molecular weight excluding hydrogens is 440 g/mol. The summed E-state index contributed by atoms with van der Waals surface area (Å²) in [6, 6.07) is 10.8. The number of rotatable bonds is 8. The Kier molecular flexibility index (Phi) is 8.34. The topological polar surface area (TPSA) is 57.7 Å². The predicted octanol–water partition coefficient (Wildman–Crippen LogP) is 4.95. The fourth-order valence-electron chi connectivity index (χ4n) is 3.67. The minimum Gasteiger partial charge on any atom is -0.338 e. The van der Waals surface area contributed by atoms with Crippen LogP contribution in [-0.4, -0.2) is 43.2 Å². The van der Waals surface area contributed by atoms with Crippen molar-refractivity contribution in [2.75, 3.05) is 19.6 Å². The monoisotopic (exact) mass is 468 g/mol. The first-order valence-corrected chi connectivity index (χ1v) is 13.1. The molecule has 2 aromatic rings. The molecule has 0 bridgehead atoms. The zero-order valence-electron chi connectivity index (χ0n) is 17.3. The van der Waals surface area contributed by atoms with Crippen molar-refractivity contribution in [3.8, 4) is 0 Å². The molecule has 0 saturated carbocycles. The highest BCUT2D eigenvalue weighted by atomic mass is 35.5. The average molecular weight is 469 g/mol. The number of amides is 1. The molecule has 2 heterocycles. The van der Waals surface area contributed by atoms with Gasteiger partial charge in [-0.05, 0) is 56.0 Å². The molecule has 164 valence electrons. The Morgan fingerprint density at radius 3 is 2.30 bits per heavy atom. The summed E-state index contributed by atoms with van der Waals surface area (Å²) in [7, 11) is -3.43. The Hall–Kier alpha value is -1.41. The van der Waals surface area contributed by atoms with E-state index < -0.39 is 10.0 Å². The number of carbonyl (C=O) groups is 1. The number of aryl methyl sites for hydroxylation is 1. The summed E-state index contributed by atoms with van der Waals surface area (Å²) in [5.74, 6) is 0.0864. The van der Waals surface area contributed by atoms with Crippen LogP contribution < -0.4 is 0 Å². The molecule has 1 aliphatic heterocycles. The fourth-order valence-corrected chi connectivity index (χ4v) is 6.29. The zero-order chi connectivity index (χ0) is 21.6.